The minimum Gasteiger partial charge on any atom is -0.486 e. The maximum absolute atomic E-state index is 12.5. The Labute approximate surface area is 204 Å². The highest BCUT2D eigenvalue weighted by Crippen LogP contribution is 2.20. The van der Waals surface area contributed by atoms with E-state index in [9.17, 15) is 4.79 Å². The zero-order chi connectivity index (χ0) is 23.9. The summed E-state index contributed by atoms with van der Waals surface area (Å²) in [6.07, 6.45) is 0.954. The van der Waals surface area contributed by atoms with Crippen molar-refractivity contribution in [3.63, 3.8) is 0 Å². The number of nitrogens with two attached hydrogens (primary N) is 1. The maximum Gasteiger partial charge on any atom is 0.230 e. The monoisotopic (exact) mass is 480 g/mol. The van der Waals surface area contributed by atoms with Crippen molar-refractivity contribution in [1.82, 2.24) is 25.1 Å². The van der Waals surface area contributed by atoms with Crippen molar-refractivity contribution in [3.8, 4) is 5.75 Å². The second-order valence-corrected chi connectivity index (χ2v) is 9.79. The number of hydrogen-bond donors (Lipinski definition) is 2. The lowest BCUT2D eigenvalue weighted by molar-refractivity contribution is -0.119. The molecule has 8 nitrogen and oxygen atoms in total. The summed E-state index contributed by atoms with van der Waals surface area (Å²) < 4.78 is 7.18. The van der Waals surface area contributed by atoms with Gasteiger partial charge in [0.25, 0.3) is 0 Å². The van der Waals surface area contributed by atoms with Gasteiger partial charge in [-0.3, -0.25) is 9.69 Å². The highest BCUT2D eigenvalue weighted by Gasteiger charge is 2.24. The average Bonchev–Trinajstić information content (AvgIpc) is 3.42. The highest BCUT2D eigenvalue weighted by molar-refractivity contribution is 7.99. The topological polar surface area (TPSA) is 98.3 Å². The van der Waals surface area contributed by atoms with Gasteiger partial charge < -0.3 is 15.9 Å². The molecule has 3 aromatic rings. The van der Waals surface area contributed by atoms with Gasteiger partial charge in [-0.25, -0.2) is 4.68 Å². The van der Waals surface area contributed by atoms with Crippen LogP contribution in [0, 0.1) is 0 Å². The molecule has 0 spiro atoms. The number of carbonyl (C=O) groups is 1. The number of aromatic nitrogens is 3. The Hall–Kier alpha value is -3.04. The summed E-state index contributed by atoms with van der Waals surface area (Å²) in [5.41, 5.74) is 2.55. The number of nitrogens with zero attached hydrogens (tertiary/aromatic N) is 4. The third kappa shape index (κ3) is 6.51. The molecule has 0 bridgehead atoms. The van der Waals surface area contributed by atoms with E-state index < -0.39 is 0 Å². The molecule has 1 atom stereocenters. The van der Waals surface area contributed by atoms with Gasteiger partial charge in [-0.1, -0.05) is 68.1 Å². The lowest BCUT2D eigenvalue weighted by atomic mass is 10.0. The molecule has 1 unspecified atom stereocenters. The lowest BCUT2D eigenvalue weighted by Gasteiger charge is -2.16. The predicted octanol–water partition coefficient (Wildman–Crippen LogP) is 3.18. The van der Waals surface area contributed by atoms with Crippen LogP contribution in [0.4, 0.5) is 0 Å². The molecule has 1 aliphatic heterocycles. The minimum atomic E-state index is -0.0254. The maximum atomic E-state index is 12.5. The first-order chi connectivity index (χ1) is 16.5. The molecule has 3 N–H and O–H groups in total. The van der Waals surface area contributed by atoms with Gasteiger partial charge in [0.15, 0.2) is 5.82 Å². The molecule has 1 aliphatic rings. The molecule has 180 valence electrons. The SMILES string of the molecule is CC(C)c1ccc(OCc2nnc(SCC(=O)NC3CCN(Cc4ccccc4)C3)n2N)cc1. The molecule has 4 rings (SSSR count). The number of hydrogen-bond acceptors (Lipinski definition) is 7. The summed E-state index contributed by atoms with van der Waals surface area (Å²) in [7, 11) is 0. The zero-order valence-corrected chi connectivity index (χ0v) is 20.5. The molecule has 1 fully saturated rings. The standard InChI is InChI=1S/C25H32N6O2S/c1-18(2)20-8-10-22(11-9-20)33-16-23-28-29-25(31(23)26)34-17-24(32)27-21-12-13-30(15-21)14-19-6-4-3-5-7-19/h3-11,18,21H,12-17,26H2,1-2H3,(H,27,32). The van der Waals surface area contributed by atoms with Crippen molar-refractivity contribution in [3.05, 3.63) is 71.5 Å². The van der Waals surface area contributed by atoms with E-state index in [0.717, 1.165) is 31.8 Å². The van der Waals surface area contributed by atoms with Crippen LogP contribution in [-0.4, -0.2) is 50.6 Å². The largest absolute Gasteiger partial charge is 0.486 e. The van der Waals surface area contributed by atoms with Crippen LogP contribution in [0.1, 0.15) is 43.1 Å². The molecule has 0 saturated carbocycles. The number of nitrogen functional groups attached to an aromatic ring is 1. The van der Waals surface area contributed by atoms with E-state index in [1.165, 1.54) is 27.6 Å². The van der Waals surface area contributed by atoms with E-state index in [-0.39, 0.29) is 24.3 Å². The fourth-order valence-corrected chi connectivity index (χ4v) is 4.62. The van der Waals surface area contributed by atoms with Crippen LogP contribution in [0.25, 0.3) is 0 Å². The van der Waals surface area contributed by atoms with E-state index in [1.54, 1.807) is 0 Å². The Morgan fingerprint density at radius 3 is 2.68 bits per heavy atom. The van der Waals surface area contributed by atoms with Gasteiger partial charge in [0.05, 0.1) is 5.75 Å². The Balaban J connectivity index is 1.20. The van der Waals surface area contributed by atoms with E-state index in [4.69, 9.17) is 10.6 Å². The molecule has 0 aliphatic carbocycles. The number of thioether (sulfide) groups is 1. The van der Waals surface area contributed by atoms with Crippen LogP contribution < -0.4 is 15.9 Å². The number of benzene rings is 2. The average molecular weight is 481 g/mol. The number of carbonyl (C=O) groups excluding carboxylic acids is 1. The predicted molar refractivity (Wildman–Crippen MR) is 134 cm³/mol. The molecule has 9 heteroatoms. The van der Waals surface area contributed by atoms with Gasteiger partial charge in [0.1, 0.15) is 12.4 Å². The second-order valence-electron chi connectivity index (χ2n) is 8.84. The second kappa shape index (κ2) is 11.4. The Morgan fingerprint density at radius 2 is 1.94 bits per heavy atom. The fraction of sp³-hybridized carbons (Fsp3) is 0.400. The molecular formula is C25H32N6O2S. The number of rotatable bonds is 10. The van der Waals surface area contributed by atoms with E-state index in [2.05, 4.69) is 70.7 Å². The third-order valence-electron chi connectivity index (χ3n) is 5.87. The summed E-state index contributed by atoms with van der Waals surface area (Å²) in [4.78, 5) is 14.8. The Kier molecular flexibility index (Phi) is 8.08. The minimum absolute atomic E-state index is 0.0254. The molecular weight excluding hydrogens is 448 g/mol. The molecule has 34 heavy (non-hydrogen) atoms. The summed E-state index contributed by atoms with van der Waals surface area (Å²) in [6, 6.07) is 18.6. The van der Waals surface area contributed by atoms with Crippen molar-refractivity contribution < 1.29 is 9.53 Å². The van der Waals surface area contributed by atoms with E-state index in [1.807, 2.05) is 18.2 Å². The third-order valence-corrected chi connectivity index (χ3v) is 6.81. The molecule has 2 aromatic carbocycles. The Morgan fingerprint density at radius 1 is 1.18 bits per heavy atom. The summed E-state index contributed by atoms with van der Waals surface area (Å²) in [5, 5.41) is 11.8. The molecule has 1 amide bonds. The first-order valence-electron chi connectivity index (χ1n) is 11.6. The molecule has 1 saturated heterocycles. The summed E-state index contributed by atoms with van der Waals surface area (Å²) in [6.45, 7) is 7.26. The first kappa shape index (κ1) is 24.1. The van der Waals surface area contributed by atoms with Gasteiger partial charge in [-0.15, -0.1) is 10.2 Å². The van der Waals surface area contributed by atoms with Crippen molar-refractivity contribution >= 4 is 17.7 Å². The van der Waals surface area contributed by atoms with Crippen LogP contribution in [-0.2, 0) is 17.9 Å². The van der Waals surface area contributed by atoms with Gasteiger partial charge in [-0.2, -0.15) is 0 Å². The molecule has 0 radical (unpaired) electrons. The van der Waals surface area contributed by atoms with Crippen LogP contribution in [0.3, 0.4) is 0 Å². The smallest absolute Gasteiger partial charge is 0.230 e. The van der Waals surface area contributed by atoms with Crippen LogP contribution >= 0.6 is 11.8 Å². The van der Waals surface area contributed by atoms with Crippen molar-refractivity contribution in [1.29, 1.82) is 0 Å². The zero-order valence-electron chi connectivity index (χ0n) is 19.7. The van der Waals surface area contributed by atoms with E-state index >= 15 is 0 Å². The first-order valence-corrected chi connectivity index (χ1v) is 12.6. The van der Waals surface area contributed by atoms with Crippen LogP contribution in [0.15, 0.2) is 59.8 Å². The molecule has 1 aromatic heterocycles. The number of nitrogens with one attached hydrogen (secondary N) is 1. The van der Waals surface area contributed by atoms with Gasteiger partial charge >= 0.3 is 0 Å². The van der Waals surface area contributed by atoms with E-state index in [0.29, 0.717) is 16.9 Å². The van der Waals surface area contributed by atoms with Crippen molar-refractivity contribution in [2.24, 2.45) is 0 Å². The van der Waals surface area contributed by atoms with Crippen LogP contribution in [0.2, 0.25) is 0 Å². The van der Waals surface area contributed by atoms with Gasteiger partial charge in [-0.05, 0) is 35.6 Å². The fourth-order valence-electron chi connectivity index (χ4n) is 3.94. The summed E-state index contributed by atoms with van der Waals surface area (Å²) >= 11 is 1.27. The van der Waals surface area contributed by atoms with Gasteiger partial charge in [0.2, 0.25) is 11.1 Å². The molecule has 2 heterocycles. The number of amides is 1. The lowest BCUT2D eigenvalue weighted by Crippen LogP contribution is -2.38. The van der Waals surface area contributed by atoms with Crippen LogP contribution in [0.5, 0.6) is 5.75 Å². The highest BCUT2D eigenvalue weighted by atomic mass is 32.2. The quantitative estimate of drug-likeness (QED) is 0.340. The van der Waals surface area contributed by atoms with Crippen molar-refractivity contribution in [2.45, 2.75) is 50.5 Å². The number of ether oxygens (including phenoxy) is 1. The van der Waals surface area contributed by atoms with Gasteiger partial charge in [0, 0.05) is 25.7 Å². The summed E-state index contributed by atoms with van der Waals surface area (Å²) in [5.74, 6) is 8.06. The normalized spacial score (nSPS) is 16.1. The number of likely N-dealkylation sites (tertiary alicyclic amines) is 1. The van der Waals surface area contributed by atoms with Crippen molar-refractivity contribution in [2.75, 3.05) is 24.7 Å². The Bertz CT molecular complexity index is 1070.